The Morgan fingerprint density at radius 2 is 2.09 bits per heavy atom. The first kappa shape index (κ1) is 14.6. The molecule has 0 fully saturated rings. The molecule has 1 N–H and O–H groups in total. The van der Waals surface area contributed by atoms with Gasteiger partial charge in [-0.25, -0.2) is 4.79 Å². The van der Waals surface area contributed by atoms with Gasteiger partial charge in [0.2, 0.25) is 12.0 Å². The number of fused-ring (bicyclic) bond motifs is 1. The Morgan fingerprint density at radius 3 is 2.78 bits per heavy atom. The highest BCUT2D eigenvalue weighted by Gasteiger charge is 2.12. The van der Waals surface area contributed by atoms with Gasteiger partial charge in [-0.3, -0.25) is 10.1 Å². The molecular formula is C16H12N2O5. The number of para-hydroxylation sites is 1. The SMILES string of the molecule is O=C(O)c1ccc(Cn2cc(/C=C/[N+](=O)[O-])c3ccccc32)o1. The van der Waals surface area contributed by atoms with Crippen molar-refractivity contribution in [3.8, 4) is 0 Å². The van der Waals surface area contributed by atoms with Crippen molar-refractivity contribution in [1.29, 1.82) is 0 Å². The van der Waals surface area contributed by atoms with Crippen molar-refractivity contribution in [3.63, 3.8) is 0 Å². The first-order valence-corrected chi connectivity index (χ1v) is 6.76. The Morgan fingerprint density at radius 1 is 1.30 bits per heavy atom. The molecule has 0 spiro atoms. The Bertz CT molecular complexity index is 920. The van der Waals surface area contributed by atoms with Crippen molar-refractivity contribution >= 4 is 22.9 Å². The van der Waals surface area contributed by atoms with Crippen LogP contribution in [0.1, 0.15) is 21.9 Å². The van der Waals surface area contributed by atoms with E-state index in [2.05, 4.69) is 0 Å². The fraction of sp³-hybridized carbons (Fsp3) is 0.0625. The predicted octanol–water partition coefficient (Wildman–Crippen LogP) is 3.23. The molecule has 0 saturated heterocycles. The summed E-state index contributed by atoms with van der Waals surface area (Å²) < 4.78 is 7.12. The van der Waals surface area contributed by atoms with E-state index in [4.69, 9.17) is 9.52 Å². The van der Waals surface area contributed by atoms with Crippen LogP contribution in [-0.4, -0.2) is 20.6 Å². The van der Waals surface area contributed by atoms with Crippen LogP contribution in [-0.2, 0) is 6.54 Å². The summed E-state index contributed by atoms with van der Waals surface area (Å²) in [5, 5.41) is 20.3. The first-order valence-electron chi connectivity index (χ1n) is 6.76. The smallest absolute Gasteiger partial charge is 0.371 e. The highest BCUT2D eigenvalue weighted by molar-refractivity contribution is 5.89. The number of carbonyl (C=O) groups is 1. The third-order valence-electron chi connectivity index (χ3n) is 3.39. The lowest BCUT2D eigenvalue weighted by atomic mass is 10.2. The molecule has 0 unspecified atom stereocenters. The summed E-state index contributed by atoms with van der Waals surface area (Å²) in [6.07, 6.45) is 4.10. The second-order valence-corrected chi connectivity index (χ2v) is 4.90. The van der Waals surface area contributed by atoms with Gasteiger partial charge in [0, 0.05) is 28.7 Å². The van der Waals surface area contributed by atoms with E-state index < -0.39 is 10.9 Å². The highest BCUT2D eigenvalue weighted by atomic mass is 16.6. The minimum Gasteiger partial charge on any atom is -0.475 e. The Balaban J connectivity index is 2.00. The van der Waals surface area contributed by atoms with Gasteiger partial charge in [-0.1, -0.05) is 18.2 Å². The fourth-order valence-corrected chi connectivity index (χ4v) is 2.43. The molecule has 23 heavy (non-hydrogen) atoms. The van der Waals surface area contributed by atoms with E-state index in [-0.39, 0.29) is 5.76 Å². The average Bonchev–Trinajstić information content (AvgIpc) is 3.11. The average molecular weight is 312 g/mol. The molecule has 3 aromatic rings. The number of nitrogens with zero attached hydrogens (tertiary/aromatic N) is 2. The standard InChI is InChI=1S/C16H12N2O5/c19-16(20)15-6-5-12(23-15)10-17-9-11(7-8-18(21)22)13-3-1-2-4-14(13)17/h1-9H,10H2,(H,19,20)/b8-7+. The van der Waals surface area contributed by atoms with Gasteiger partial charge in [0.25, 0.3) is 0 Å². The zero-order valence-corrected chi connectivity index (χ0v) is 11.9. The summed E-state index contributed by atoms with van der Waals surface area (Å²) in [6, 6.07) is 10.5. The van der Waals surface area contributed by atoms with Gasteiger partial charge in [0.1, 0.15) is 5.76 Å². The molecule has 2 heterocycles. The van der Waals surface area contributed by atoms with Gasteiger partial charge >= 0.3 is 5.97 Å². The van der Waals surface area contributed by atoms with Crippen LogP contribution < -0.4 is 0 Å². The van der Waals surface area contributed by atoms with Gasteiger partial charge in [0.05, 0.1) is 11.5 Å². The number of furan rings is 1. The molecule has 7 heteroatoms. The molecule has 0 atom stereocenters. The normalized spacial score (nSPS) is 11.3. The summed E-state index contributed by atoms with van der Waals surface area (Å²) >= 11 is 0. The summed E-state index contributed by atoms with van der Waals surface area (Å²) in [6.45, 7) is 0.333. The maximum absolute atomic E-state index is 10.9. The summed E-state index contributed by atoms with van der Waals surface area (Å²) in [4.78, 5) is 20.9. The summed E-state index contributed by atoms with van der Waals surface area (Å²) in [5.41, 5.74) is 1.59. The largest absolute Gasteiger partial charge is 0.475 e. The molecule has 0 aliphatic carbocycles. The number of rotatable bonds is 5. The number of nitro groups is 1. The number of carboxylic acid groups (broad SMARTS) is 1. The van der Waals surface area contributed by atoms with Crippen molar-refractivity contribution in [2.45, 2.75) is 6.54 Å². The van der Waals surface area contributed by atoms with Crippen molar-refractivity contribution in [1.82, 2.24) is 4.57 Å². The van der Waals surface area contributed by atoms with Gasteiger partial charge in [-0.15, -0.1) is 0 Å². The van der Waals surface area contributed by atoms with E-state index in [1.165, 1.54) is 12.1 Å². The first-order chi connectivity index (χ1) is 11.0. The van der Waals surface area contributed by atoms with Crippen LogP contribution in [0.4, 0.5) is 0 Å². The van der Waals surface area contributed by atoms with E-state index in [1.54, 1.807) is 12.3 Å². The zero-order chi connectivity index (χ0) is 16.4. The Hall–Kier alpha value is -3.35. The molecular weight excluding hydrogens is 300 g/mol. The maximum atomic E-state index is 10.9. The molecule has 0 radical (unpaired) electrons. The second kappa shape index (κ2) is 5.80. The van der Waals surface area contributed by atoms with E-state index in [1.807, 2.05) is 28.8 Å². The lowest BCUT2D eigenvalue weighted by molar-refractivity contribution is -0.400. The van der Waals surface area contributed by atoms with Crippen LogP contribution in [0, 0.1) is 10.1 Å². The molecule has 3 rings (SSSR count). The molecule has 0 saturated carbocycles. The monoisotopic (exact) mass is 312 g/mol. The van der Waals surface area contributed by atoms with Gasteiger partial charge in [-0.05, 0) is 18.2 Å². The van der Waals surface area contributed by atoms with Gasteiger partial charge in [0.15, 0.2) is 0 Å². The van der Waals surface area contributed by atoms with Gasteiger partial charge < -0.3 is 14.1 Å². The number of hydrogen-bond acceptors (Lipinski definition) is 4. The Kier molecular flexibility index (Phi) is 3.68. The van der Waals surface area contributed by atoms with E-state index >= 15 is 0 Å². The fourth-order valence-electron chi connectivity index (χ4n) is 2.43. The minimum absolute atomic E-state index is 0.120. The molecule has 2 aromatic heterocycles. The van der Waals surface area contributed by atoms with Crippen LogP contribution >= 0.6 is 0 Å². The third-order valence-corrected chi connectivity index (χ3v) is 3.39. The number of carboxylic acids is 1. The highest BCUT2D eigenvalue weighted by Crippen LogP contribution is 2.24. The lowest BCUT2D eigenvalue weighted by Gasteiger charge is -2.02. The number of benzene rings is 1. The lowest BCUT2D eigenvalue weighted by Crippen LogP contribution is -1.97. The summed E-state index contributed by atoms with van der Waals surface area (Å²) in [7, 11) is 0. The molecule has 0 amide bonds. The number of aromatic carboxylic acids is 1. The van der Waals surface area contributed by atoms with Crippen molar-refractivity contribution in [3.05, 3.63) is 76.0 Å². The van der Waals surface area contributed by atoms with Crippen molar-refractivity contribution in [2.75, 3.05) is 0 Å². The van der Waals surface area contributed by atoms with Crippen molar-refractivity contribution < 1.29 is 19.2 Å². The summed E-state index contributed by atoms with van der Waals surface area (Å²) in [5.74, 6) is -0.749. The topological polar surface area (TPSA) is 98.5 Å². The minimum atomic E-state index is -1.12. The van der Waals surface area contributed by atoms with Crippen LogP contribution in [0.5, 0.6) is 0 Å². The van der Waals surface area contributed by atoms with E-state index in [9.17, 15) is 14.9 Å². The van der Waals surface area contributed by atoms with Crippen LogP contribution in [0.3, 0.4) is 0 Å². The van der Waals surface area contributed by atoms with Crippen LogP contribution in [0.25, 0.3) is 17.0 Å². The van der Waals surface area contributed by atoms with Crippen LogP contribution in [0.15, 0.2) is 53.2 Å². The molecule has 0 aliphatic heterocycles. The third kappa shape index (κ3) is 2.98. The van der Waals surface area contributed by atoms with Gasteiger partial charge in [-0.2, -0.15) is 0 Å². The van der Waals surface area contributed by atoms with Crippen molar-refractivity contribution in [2.24, 2.45) is 0 Å². The van der Waals surface area contributed by atoms with E-state index in [0.717, 1.165) is 17.1 Å². The number of aromatic nitrogens is 1. The Labute approximate surface area is 130 Å². The molecule has 1 aromatic carbocycles. The number of hydrogen-bond donors (Lipinski definition) is 1. The second-order valence-electron chi connectivity index (χ2n) is 4.90. The van der Waals surface area contributed by atoms with Crippen LogP contribution in [0.2, 0.25) is 0 Å². The maximum Gasteiger partial charge on any atom is 0.371 e. The van der Waals surface area contributed by atoms with E-state index in [0.29, 0.717) is 17.9 Å². The molecule has 116 valence electrons. The quantitative estimate of drug-likeness (QED) is 0.576. The molecule has 0 bridgehead atoms. The predicted molar refractivity (Wildman–Crippen MR) is 82.7 cm³/mol. The molecule has 7 nitrogen and oxygen atoms in total. The zero-order valence-electron chi connectivity index (χ0n) is 11.9. The molecule has 0 aliphatic rings.